The van der Waals surface area contributed by atoms with Crippen LogP contribution >= 0.6 is 0 Å². The van der Waals surface area contributed by atoms with E-state index in [1.54, 1.807) is 57.2 Å². The molecule has 1 heterocycles. The summed E-state index contributed by atoms with van der Waals surface area (Å²) in [6.45, 7) is 4.01. The van der Waals surface area contributed by atoms with Gasteiger partial charge in [-0.2, -0.15) is 13.2 Å². The van der Waals surface area contributed by atoms with Gasteiger partial charge >= 0.3 is 6.18 Å². The number of halogens is 3. The highest BCUT2D eigenvalue weighted by molar-refractivity contribution is 5.98. The minimum absolute atomic E-state index is 0.263. The molecule has 0 aliphatic carbocycles. The van der Waals surface area contributed by atoms with Crippen molar-refractivity contribution in [1.82, 2.24) is 4.98 Å². The maximum Gasteiger partial charge on any atom is 0.418 e. The number of aromatic amines is 1. The van der Waals surface area contributed by atoms with Crippen LogP contribution in [0.1, 0.15) is 38.3 Å². The van der Waals surface area contributed by atoms with Crippen molar-refractivity contribution in [1.29, 1.82) is 0 Å². The Hall–Kier alpha value is -3.33. The lowest BCUT2D eigenvalue weighted by Gasteiger charge is -2.38. The lowest BCUT2D eigenvalue weighted by atomic mass is 9.74. The van der Waals surface area contributed by atoms with Crippen LogP contribution in [0.15, 0.2) is 64.7 Å². The third-order valence-corrected chi connectivity index (χ3v) is 5.82. The minimum atomic E-state index is -4.91. The molecule has 0 aliphatic rings. The Labute approximate surface area is 188 Å². The SMILES string of the molecule is CC(=NO)c1cccc(C(C)(C)CC(O)(CNc2ccc3[nH]ccc(=O)c3c2)C(F)(F)F)c1. The molecule has 1 unspecified atom stereocenters. The minimum Gasteiger partial charge on any atom is -0.411 e. The molecule has 1 aromatic heterocycles. The highest BCUT2D eigenvalue weighted by Crippen LogP contribution is 2.41. The number of hydrogen-bond donors (Lipinski definition) is 4. The summed E-state index contributed by atoms with van der Waals surface area (Å²) in [5.41, 5.74) is -2.09. The third kappa shape index (κ3) is 5.19. The Balaban J connectivity index is 1.88. The molecule has 0 amide bonds. The average Bonchev–Trinajstić information content (AvgIpc) is 2.76. The first-order valence-electron chi connectivity index (χ1n) is 10.3. The van der Waals surface area contributed by atoms with Crippen LogP contribution in [0, 0.1) is 0 Å². The fourth-order valence-corrected chi connectivity index (χ4v) is 3.85. The van der Waals surface area contributed by atoms with E-state index < -0.39 is 30.2 Å². The molecule has 176 valence electrons. The zero-order chi connectivity index (χ0) is 24.4. The van der Waals surface area contributed by atoms with Crippen molar-refractivity contribution >= 4 is 22.3 Å². The Morgan fingerprint density at radius 3 is 2.52 bits per heavy atom. The van der Waals surface area contributed by atoms with Crippen LogP contribution < -0.4 is 10.7 Å². The summed E-state index contributed by atoms with van der Waals surface area (Å²) >= 11 is 0. The molecule has 0 spiro atoms. The molecule has 6 nitrogen and oxygen atoms in total. The van der Waals surface area contributed by atoms with E-state index in [1.807, 2.05) is 0 Å². The molecule has 33 heavy (non-hydrogen) atoms. The van der Waals surface area contributed by atoms with Crippen molar-refractivity contribution in [2.24, 2.45) is 5.16 Å². The van der Waals surface area contributed by atoms with E-state index in [9.17, 15) is 23.1 Å². The topological polar surface area (TPSA) is 97.7 Å². The molecule has 4 N–H and O–H groups in total. The Bertz CT molecular complexity index is 1230. The van der Waals surface area contributed by atoms with Gasteiger partial charge in [-0.3, -0.25) is 4.79 Å². The molecule has 3 rings (SSSR count). The number of anilines is 1. The molecule has 0 saturated heterocycles. The zero-order valence-electron chi connectivity index (χ0n) is 18.5. The maximum absolute atomic E-state index is 14.0. The van der Waals surface area contributed by atoms with Gasteiger partial charge in [0, 0.05) is 28.9 Å². The summed E-state index contributed by atoms with van der Waals surface area (Å²) in [5, 5.41) is 25.9. The normalized spacial score (nSPS) is 14.8. The smallest absolute Gasteiger partial charge is 0.411 e. The second-order valence-electron chi connectivity index (χ2n) is 8.81. The van der Waals surface area contributed by atoms with Gasteiger partial charge in [0.1, 0.15) is 0 Å². The fourth-order valence-electron chi connectivity index (χ4n) is 3.85. The van der Waals surface area contributed by atoms with Crippen LogP contribution in [-0.4, -0.2) is 39.3 Å². The van der Waals surface area contributed by atoms with Gasteiger partial charge in [0.15, 0.2) is 11.0 Å². The monoisotopic (exact) mass is 461 g/mol. The van der Waals surface area contributed by atoms with Crippen molar-refractivity contribution in [2.45, 2.75) is 44.4 Å². The Morgan fingerprint density at radius 1 is 1.12 bits per heavy atom. The lowest BCUT2D eigenvalue weighted by Crippen LogP contribution is -2.53. The van der Waals surface area contributed by atoms with Crippen molar-refractivity contribution in [2.75, 3.05) is 11.9 Å². The van der Waals surface area contributed by atoms with E-state index in [0.717, 1.165) is 0 Å². The number of fused-ring (bicyclic) bond motifs is 1. The summed E-state index contributed by atoms with van der Waals surface area (Å²) in [6, 6.07) is 12.6. The predicted octanol–water partition coefficient (Wildman–Crippen LogP) is 4.80. The van der Waals surface area contributed by atoms with Crippen LogP contribution in [0.2, 0.25) is 0 Å². The maximum atomic E-state index is 14.0. The summed E-state index contributed by atoms with van der Waals surface area (Å²) in [5.74, 6) is 0. The van der Waals surface area contributed by atoms with Crippen LogP contribution in [0.25, 0.3) is 10.9 Å². The van der Waals surface area contributed by atoms with Crippen LogP contribution in [-0.2, 0) is 5.41 Å². The highest BCUT2D eigenvalue weighted by atomic mass is 19.4. The number of hydrogen-bond acceptors (Lipinski definition) is 5. The number of pyridine rings is 1. The Kier molecular flexibility index (Phi) is 6.56. The molecule has 0 bridgehead atoms. The zero-order valence-corrected chi connectivity index (χ0v) is 18.5. The number of rotatable bonds is 7. The predicted molar refractivity (Wildman–Crippen MR) is 122 cm³/mol. The standard InChI is InChI=1S/C24H26F3N3O3/c1-15(30-33)16-5-4-6-17(11-16)22(2,3)13-23(32,24(25,26)27)14-29-18-7-8-20-19(12-18)21(31)9-10-28-20/h4-12,29,32-33H,13-14H2,1-3H3,(H,28,31). The van der Waals surface area contributed by atoms with Crippen molar-refractivity contribution in [3.63, 3.8) is 0 Å². The van der Waals surface area contributed by atoms with E-state index in [2.05, 4.69) is 15.5 Å². The number of benzene rings is 2. The summed E-state index contributed by atoms with van der Waals surface area (Å²) < 4.78 is 42.1. The molecule has 0 saturated carbocycles. The van der Waals surface area contributed by atoms with Gasteiger partial charge in [-0.25, -0.2) is 0 Å². The second-order valence-corrected chi connectivity index (χ2v) is 8.81. The van der Waals surface area contributed by atoms with Gasteiger partial charge in [0.2, 0.25) is 0 Å². The van der Waals surface area contributed by atoms with Gasteiger partial charge in [0.25, 0.3) is 0 Å². The first-order valence-corrected chi connectivity index (χ1v) is 10.3. The largest absolute Gasteiger partial charge is 0.418 e. The number of aromatic nitrogens is 1. The first kappa shape index (κ1) is 24.3. The second kappa shape index (κ2) is 8.90. The summed E-state index contributed by atoms with van der Waals surface area (Å²) in [4.78, 5) is 14.9. The number of nitrogens with zero attached hydrogens (tertiary/aromatic N) is 1. The van der Waals surface area contributed by atoms with E-state index in [0.29, 0.717) is 27.7 Å². The molecule has 0 radical (unpaired) electrons. The van der Waals surface area contributed by atoms with Gasteiger partial charge < -0.3 is 20.6 Å². The summed E-state index contributed by atoms with van der Waals surface area (Å²) in [6.07, 6.45) is -4.04. The molecule has 9 heteroatoms. The van der Waals surface area contributed by atoms with Crippen molar-refractivity contribution < 1.29 is 23.5 Å². The molecule has 2 aromatic carbocycles. The van der Waals surface area contributed by atoms with Gasteiger partial charge in [-0.1, -0.05) is 37.2 Å². The lowest BCUT2D eigenvalue weighted by molar-refractivity contribution is -0.260. The number of oxime groups is 1. The molecular weight excluding hydrogens is 435 g/mol. The molecule has 0 fully saturated rings. The molecular formula is C24H26F3N3O3. The van der Waals surface area contributed by atoms with Crippen molar-refractivity contribution in [3.05, 3.63) is 76.1 Å². The van der Waals surface area contributed by atoms with Crippen LogP contribution in [0.3, 0.4) is 0 Å². The molecule has 0 aliphatic heterocycles. The highest BCUT2D eigenvalue weighted by Gasteiger charge is 2.55. The Morgan fingerprint density at radius 2 is 1.85 bits per heavy atom. The number of aliphatic hydroxyl groups is 1. The first-order chi connectivity index (χ1) is 15.4. The number of nitrogens with one attached hydrogen (secondary N) is 2. The van der Waals surface area contributed by atoms with Crippen LogP contribution in [0.4, 0.5) is 18.9 Å². The quantitative estimate of drug-likeness (QED) is 0.231. The third-order valence-electron chi connectivity index (χ3n) is 5.82. The fraction of sp³-hybridized carbons (Fsp3) is 0.333. The van der Waals surface area contributed by atoms with E-state index >= 15 is 0 Å². The van der Waals surface area contributed by atoms with E-state index in [1.165, 1.54) is 18.3 Å². The van der Waals surface area contributed by atoms with Gasteiger partial charge in [0.05, 0.1) is 12.3 Å². The van der Waals surface area contributed by atoms with E-state index in [-0.39, 0.29) is 11.1 Å². The van der Waals surface area contributed by atoms with Crippen LogP contribution in [0.5, 0.6) is 0 Å². The van der Waals surface area contributed by atoms with Crippen molar-refractivity contribution in [3.8, 4) is 0 Å². The molecule has 1 atom stereocenters. The average molecular weight is 461 g/mol. The summed E-state index contributed by atoms with van der Waals surface area (Å²) in [7, 11) is 0. The molecule has 3 aromatic rings. The number of alkyl halides is 3. The number of H-pyrrole nitrogens is 1. The van der Waals surface area contributed by atoms with Gasteiger partial charge in [-0.15, -0.1) is 0 Å². The van der Waals surface area contributed by atoms with E-state index in [4.69, 9.17) is 5.21 Å². The van der Waals surface area contributed by atoms with Gasteiger partial charge in [-0.05, 0) is 54.2 Å².